The monoisotopic (exact) mass is 592 g/mol. The van der Waals surface area contributed by atoms with Gasteiger partial charge in [0.1, 0.15) is 11.2 Å². The van der Waals surface area contributed by atoms with Gasteiger partial charge in [0.15, 0.2) is 0 Å². The number of alkyl carbamates (subject to hydrolysis) is 1. The molecule has 2 aromatic heterocycles. The smallest absolute Gasteiger partial charge is 0.437 e. The van der Waals surface area contributed by atoms with Gasteiger partial charge in [-0.3, -0.25) is 5.32 Å². The predicted molar refractivity (Wildman–Crippen MR) is 157 cm³/mol. The van der Waals surface area contributed by atoms with Crippen LogP contribution in [-0.2, 0) is 22.4 Å². The minimum Gasteiger partial charge on any atom is -0.444 e. The molecule has 1 aromatic carbocycles. The topological polar surface area (TPSA) is 150 Å². The van der Waals surface area contributed by atoms with Crippen molar-refractivity contribution in [2.75, 3.05) is 6.54 Å². The minimum absolute atomic E-state index is 0.0676. The Morgan fingerprint density at radius 2 is 1.77 bits per heavy atom. The van der Waals surface area contributed by atoms with Gasteiger partial charge in [-0.25, -0.2) is 14.3 Å². The van der Waals surface area contributed by atoms with Crippen LogP contribution in [0, 0.1) is 0 Å². The first-order valence-electron chi connectivity index (χ1n) is 14.7. The first-order valence-corrected chi connectivity index (χ1v) is 14.7. The van der Waals surface area contributed by atoms with Crippen molar-refractivity contribution in [2.24, 2.45) is 4.99 Å². The maximum atomic E-state index is 12.6. The Bertz CT molecular complexity index is 1460. The van der Waals surface area contributed by atoms with Gasteiger partial charge in [0.25, 0.3) is 0 Å². The van der Waals surface area contributed by atoms with Crippen molar-refractivity contribution in [3.05, 3.63) is 47.6 Å². The van der Waals surface area contributed by atoms with Crippen molar-refractivity contribution in [3.63, 3.8) is 0 Å². The number of aromatic nitrogens is 5. The molecule has 2 amide bonds. The van der Waals surface area contributed by atoms with Crippen LogP contribution in [0.3, 0.4) is 0 Å². The lowest BCUT2D eigenvalue weighted by molar-refractivity contribution is 0.0554. The van der Waals surface area contributed by atoms with E-state index >= 15 is 0 Å². The minimum atomic E-state index is -0.806. The number of nitrogens with one attached hydrogen (secondary N) is 1. The number of aliphatic imine (C=N–C) groups is 1. The van der Waals surface area contributed by atoms with Crippen LogP contribution in [0.1, 0.15) is 90.3 Å². The van der Waals surface area contributed by atoms with Gasteiger partial charge >= 0.3 is 12.2 Å². The number of rotatable bonds is 6. The third-order valence-corrected chi connectivity index (χ3v) is 6.84. The first-order chi connectivity index (χ1) is 20.3. The number of ether oxygens (including phenoxy) is 2. The molecule has 3 heterocycles. The number of carbonyl (C=O) groups excluding carboxylic acids is 2. The highest BCUT2D eigenvalue weighted by molar-refractivity contribution is 5.99. The SMILES string of the molecule is CC(C)(C)OC(=O)N=C(NC(=O)OC(C)(C)C)N1CCC[C@H]1Cc1nc(-c2ccc(Cn3cc(C4CC4)nn3)cc2)no1. The lowest BCUT2D eigenvalue weighted by Gasteiger charge is -2.28. The summed E-state index contributed by atoms with van der Waals surface area (Å²) in [6.07, 6.45) is 4.91. The van der Waals surface area contributed by atoms with Gasteiger partial charge in [0.2, 0.25) is 17.7 Å². The molecule has 0 bridgehead atoms. The Morgan fingerprint density at radius 3 is 2.44 bits per heavy atom. The van der Waals surface area contributed by atoms with Crippen LogP contribution in [0.15, 0.2) is 40.0 Å². The summed E-state index contributed by atoms with van der Waals surface area (Å²) in [4.78, 5) is 35.8. The highest BCUT2D eigenvalue weighted by atomic mass is 16.6. The van der Waals surface area contributed by atoms with Crippen LogP contribution < -0.4 is 5.32 Å². The quantitative estimate of drug-likeness (QED) is 0.303. The molecule has 0 radical (unpaired) electrons. The second-order valence-electron chi connectivity index (χ2n) is 13.1. The molecule has 1 atom stereocenters. The lowest BCUT2D eigenvalue weighted by Crippen LogP contribution is -2.49. The van der Waals surface area contributed by atoms with Crippen molar-refractivity contribution in [1.82, 2.24) is 35.4 Å². The number of hydrogen-bond donors (Lipinski definition) is 1. The third-order valence-electron chi connectivity index (χ3n) is 6.84. The number of amides is 2. The lowest BCUT2D eigenvalue weighted by atomic mass is 10.1. The van der Waals surface area contributed by atoms with Crippen molar-refractivity contribution in [3.8, 4) is 11.4 Å². The van der Waals surface area contributed by atoms with E-state index in [0.717, 1.165) is 29.7 Å². The zero-order valence-corrected chi connectivity index (χ0v) is 25.7. The second-order valence-corrected chi connectivity index (χ2v) is 13.1. The van der Waals surface area contributed by atoms with Gasteiger partial charge in [0, 0.05) is 36.7 Å². The fraction of sp³-hybridized carbons (Fsp3) is 0.567. The summed E-state index contributed by atoms with van der Waals surface area (Å²) in [7, 11) is 0. The standard InChI is InChI=1S/C30H40N8O5/c1-29(2,3)41-27(39)32-26(33-28(40)42-30(4,5)6)38-15-7-8-22(38)16-24-31-25(35-43-24)21-11-9-19(10-12-21)17-37-18-23(34-36-37)20-13-14-20/h9-12,18,20,22H,7-8,13-17H2,1-6H3,(H,32,33,39,40)/t22-/m0/s1. The maximum Gasteiger partial charge on any atom is 0.437 e. The van der Waals surface area contributed by atoms with Gasteiger partial charge in [0.05, 0.1) is 12.2 Å². The molecule has 1 aliphatic heterocycles. The molecule has 230 valence electrons. The molecule has 43 heavy (non-hydrogen) atoms. The Hall–Kier alpha value is -4.29. The molecule has 1 N–H and O–H groups in total. The average Bonchev–Trinajstić information content (AvgIpc) is 3.25. The summed E-state index contributed by atoms with van der Waals surface area (Å²) >= 11 is 0. The molecule has 1 saturated heterocycles. The third kappa shape index (κ3) is 8.62. The van der Waals surface area contributed by atoms with E-state index < -0.39 is 23.4 Å². The van der Waals surface area contributed by atoms with E-state index in [9.17, 15) is 9.59 Å². The molecule has 2 fully saturated rings. The largest absolute Gasteiger partial charge is 0.444 e. The van der Waals surface area contributed by atoms with Crippen LogP contribution in [-0.4, -0.2) is 72.0 Å². The number of nitrogens with zero attached hydrogens (tertiary/aromatic N) is 7. The summed E-state index contributed by atoms with van der Waals surface area (Å²) < 4.78 is 18.3. The Morgan fingerprint density at radius 1 is 1.05 bits per heavy atom. The number of benzene rings is 1. The van der Waals surface area contributed by atoms with E-state index in [-0.39, 0.29) is 12.0 Å². The Labute approximate surface area is 251 Å². The van der Waals surface area contributed by atoms with Crippen molar-refractivity contribution >= 4 is 18.1 Å². The average molecular weight is 593 g/mol. The van der Waals surface area contributed by atoms with E-state index in [1.165, 1.54) is 12.8 Å². The zero-order chi connectivity index (χ0) is 30.8. The van der Waals surface area contributed by atoms with Crippen LogP contribution in [0.2, 0.25) is 0 Å². The summed E-state index contributed by atoms with van der Waals surface area (Å²) in [6.45, 7) is 11.7. The molecular formula is C30H40N8O5. The Balaban J connectivity index is 1.25. The number of guanidine groups is 1. The molecule has 13 heteroatoms. The number of carbonyl (C=O) groups is 2. The highest BCUT2D eigenvalue weighted by Gasteiger charge is 2.32. The van der Waals surface area contributed by atoms with Crippen molar-refractivity contribution in [2.45, 2.75) is 103 Å². The van der Waals surface area contributed by atoms with Crippen LogP contribution in [0.5, 0.6) is 0 Å². The molecule has 13 nitrogen and oxygen atoms in total. The summed E-state index contributed by atoms with van der Waals surface area (Å²) in [5, 5.41) is 15.4. The zero-order valence-electron chi connectivity index (χ0n) is 25.7. The van der Waals surface area contributed by atoms with Crippen LogP contribution in [0.4, 0.5) is 9.59 Å². The fourth-order valence-electron chi connectivity index (χ4n) is 4.82. The molecule has 0 spiro atoms. The van der Waals surface area contributed by atoms with Gasteiger partial charge in [-0.1, -0.05) is 34.6 Å². The van der Waals surface area contributed by atoms with Gasteiger partial charge in [-0.05, 0) is 72.8 Å². The van der Waals surface area contributed by atoms with Gasteiger partial charge in [-0.2, -0.15) is 4.98 Å². The molecule has 2 aliphatic rings. The molecule has 5 rings (SSSR count). The van der Waals surface area contributed by atoms with E-state index in [1.54, 1.807) is 41.5 Å². The van der Waals surface area contributed by atoms with Gasteiger partial charge in [-0.15, -0.1) is 10.1 Å². The second kappa shape index (κ2) is 12.1. The number of hydrogen-bond acceptors (Lipinski definition) is 9. The normalized spacial score (nSPS) is 17.7. The molecule has 0 unspecified atom stereocenters. The summed E-state index contributed by atoms with van der Waals surface area (Å²) in [5.74, 6) is 1.57. The highest BCUT2D eigenvalue weighted by Crippen LogP contribution is 2.38. The number of likely N-dealkylation sites (tertiary alicyclic amines) is 1. The molecule has 3 aromatic rings. The summed E-state index contributed by atoms with van der Waals surface area (Å²) in [6, 6.07) is 7.81. The molecule has 1 saturated carbocycles. The van der Waals surface area contributed by atoms with E-state index in [4.69, 9.17) is 14.0 Å². The van der Waals surface area contributed by atoms with Crippen molar-refractivity contribution < 1.29 is 23.6 Å². The maximum absolute atomic E-state index is 12.6. The van der Waals surface area contributed by atoms with E-state index in [1.807, 2.05) is 40.0 Å². The fourth-order valence-corrected chi connectivity index (χ4v) is 4.82. The van der Waals surface area contributed by atoms with Gasteiger partial charge < -0.3 is 18.9 Å². The van der Waals surface area contributed by atoms with E-state index in [0.29, 0.717) is 37.1 Å². The molecule has 1 aliphatic carbocycles. The van der Waals surface area contributed by atoms with Crippen LogP contribution in [0.25, 0.3) is 11.4 Å². The summed E-state index contributed by atoms with van der Waals surface area (Å²) in [5.41, 5.74) is 1.53. The van der Waals surface area contributed by atoms with Crippen LogP contribution >= 0.6 is 0 Å². The van der Waals surface area contributed by atoms with E-state index in [2.05, 4.69) is 30.8 Å². The molecular weight excluding hydrogens is 552 g/mol. The van der Waals surface area contributed by atoms with Crippen molar-refractivity contribution in [1.29, 1.82) is 0 Å². The predicted octanol–water partition coefficient (Wildman–Crippen LogP) is 5.08. The Kier molecular flexibility index (Phi) is 8.52. The first kappa shape index (κ1) is 30.2.